The summed E-state index contributed by atoms with van der Waals surface area (Å²) in [7, 11) is 0. The van der Waals surface area contributed by atoms with Gasteiger partial charge in [-0.1, -0.05) is 158 Å². The SMILES string of the molecule is c1ccc(-c2nc(-c3ccccc3)nc(-c3ccc(-c4ccc(-c5cccc6c5oc5cc7oc(-c8ccccc8)nc7cc56)c5ccccc45)cc3)n2)cc1. The fraction of sp³-hybridized carbons (Fsp3) is 0. The zero-order chi connectivity index (χ0) is 37.0. The molecule has 0 saturated heterocycles. The Kier molecular flexibility index (Phi) is 7.38. The summed E-state index contributed by atoms with van der Waals surface area (Å²) in [4.78, 5) is 19.5. The first kappa shape index (κ1) is 31.8. The van der Waals surface area contributed by atoms with Gasteiger partial charge in [0.05, 0.1) is 0 Å². The molecule has 8 aromatic carbocycles. The highest BCUT2D eigenvalue weighted by Crippen LogP contribution is 2.42. The first-order valence-corrected chi connectivity index (χ1v) is 18.5. The van der Waals surface area contributed by atoms with Crippen LogP contribution in [0.15, 0.2) is 191 Å². The molecule has 0 radical (unpaired) electrons. The molecule has 11 aromatic rings. The van der Waals surface area contributed by atoms with Crippen LogP contribution in [0.2, 0.25) is 0 Å². The molecule has 0 aliphatic heterocycles. The summed E-state index contributed by atoms with van der Waals surface area (Å²) >= 11 is 0. The summed E-state index contributed by atoms with van der Waals surface area (Å²) in [6, 6.07) is 61.9. The number of rotatable bonds is 6. The molecule has 3 heterocycles. The second kappa shape index (κ2) is 13.0. The van der Waals surface area contributed by atoms with E-state index in [0.717, 1.165) is 82.7 Å². The quantitative estimate of drug-likeness (QED) is 0.170. The van der Waals surface area contributed by atoms with Crippen LogP contribution in [-0.4, -0.2) is 19.9 Å². The van der Waals surface area contributed by atoms with Crippen LogP contribution >= 0.6 is 0 Å². The van der Waals surface area contributed by atoms with Crippen molar-refractivity contribution in [2.45, 2.75) is 0 Å². The van der Waals surface area contributed by atoms with E-state index in [1.54, 1.807) is 0 Å². The van der Waals surface area contributed by atoms with Crippen molar-refractivity contribution in [3.8, 4) is 67.9 Å². The molecule has 0 spiro atoms. The Hall–Kier alpha value is -7.70. The average Bonchev–Trinajstić information content (AvgIpc) is 3.87. The van der Waals surface area contributed by atoms with Crippen LogP contribution < -0.4 is 0 Å². The molecule has 262 valence electrons. The van der Waals surface area contributed by atoms with Gasteiger partial charge in [-0.3, -0.25) is 0 Å². The smallest absolute Gasteiger partial charge is 0.227 e. The lowest BCUT2D eigenvalue weighted by Gasteiger charge is -2.13. The zero-order valence-electron chi connectivity index (χ0n) is 29.9. The molecule has 11 rings (SSSR count). The number of benzene rings is 8. The summed E-state index contributed by atoms with van der Waals surface area (Å²) in [5.74, 6) is 2.51. The van der Waals surface area contributed by atoms with Crippen molar-refractivity contribution < 1.29 is 8.83 Å². The Balaban J connectivity index is 0.980. The molecule has 3 aromatic heterocycles. The van der Waals surface area contributed by atoms with Crippen molar-refractivity contribution in [2.24, 2.45) is 0 Å². The summed E-state index contributed by atoms with van der Waals surface area (Å²) < 4.78 is 12.8. The largest absolute Gasteiger partial charge is 0.455 e. The molecule has 0 N–H and O–H groups in total. The number of fused-ring (bicyclic) bond motifs is 5. The Morgan fingerprint density at radius 3 is 1.46 bits per heavy atom. The Labute approximate surface area is 321 Å². The highest BCUT2D eigenvalue weighted by Gasteiger charge is 2.19. The molecule has 0 bridgehead atoms. The van der Waals surface area contributed by atoms with Crippen LogP contribution in [-0.2, 0) is 0 Å². The molecule has 0 unspecified atom stereocenters. The fourth-order valence-electron chi connectivity index (χ4n) is 7.66. The van der Waals surface area contributed by atoms with Crippen LogP contribution in [0.1, 0.15) is 0 Å². The predicted octanol–water partition coefficient (Wildman–Crippen LogP) is 13.1. The van der Waals surface area contributed by atoms with E-state index >= 15 is 0 Å². The Morgan fingerprint density at radius 1 is 0.304 bits per heavy atom. The third kappa shape index (κ3) is 5.43. The van der Waals surface area contributed by atoms with Crippen molar-refractivity contribution in [3.63, 3.8) is 0 Å². The Bertz CT molecular complexity index is 3170. The third-order valence-electron chi connectivity index (χ3n) is 10.4. The highest BCUT2D eigenvalue weighted by atomic mass is 16.4. The van der Waals surface area contributed by atoms with E-state index in [9.17, 15) is 0 Å². The monoisotopic (exact) mass is 718 g/mol. The lowest BCUT2D eigenvalue weighted by molar-refractivity contribution is 0.617. The molecular formula is C50H30N4O2. The van der Waals surface area contributed by atoms with Crippen molar-refractivity contribution in [3.05, 3.63) is 182 Å². The van der Waals surface area contributed by atoms with Gasteiger partial charge in [-0.05, 0) is 45.7 Å². The van der Waals surface area contributed by atoms with Gasteiger partial charge in [-0.25, -0.2) is 19.9 Å². The van der Waals surface area contributed by atoms with E-state index in [1.807, 2.05) is 97.1 Å². The maximum absolute atomic E-state index is 6.65. The van der Waals surface area contributed by atoms with Crippen LogP contribution in [0.5, 0.6) is 0 Å². The predicted molar refractivity (Wildman–Crippen MR) is 225 cm³/mol. The number of aromatic nitrogens is 4. The molecule has 56 heavy (non-hydrogen) atoms. The van der Waals surface area contributed by atoms with Gasteiger partial charge >= 0.3 is 0 Å². The lowest BCUT2D eigenvalue weighted by Crippen LogP contribution is -2.00. The zero-order valence-corrected chi connectivity index (χ0v) is 29.9. The van der Waals surface area contributed by atoms with E-state index in [1.165, 1.54) is 0 Å². The van der Waals surface area contributed by atoms with Gasteiger partial charge in [-0.15, -0.1) is 0 Å². The summed E-state index contributed by atoms with van der Waals surface area (Å²) in [6.07, 6.45) is 0. The van der Waals surface area contributed by atoms with E-state index in [2.05, 4.69) is 84.9 Å². The van der Waals surface area contributed by atoms with Gasteiger partial charge in [-0.2, -0.15) is 0 Å². The minimum absolute atomic E-state index is 0.597. The number of hydrogen-bond donors (Lipinski definition) is 0. The topological polar surface area (TPSA) is 77.8 Å². The van der Waals surface area contributed by atoms with Crippen molar-refractivity contribution >= 4 is 43.8 Å². The van der Waals surface area contributed by atoms with Gasteiger partial charge in [0, 0.05) is 44.7 Å². The molecule has 0 aliphatic carbocycles. The molecule has 6 heteroatoms. The van der Waals surface area contributed by atoms with Gasteiger partial charge in [0.2, 0.25) is 5.89 Å². The first-order chi connectivity index (χ1) is 27.7. The van der Waals surface area contributed by atoms with Gasteiger partial charge < -0.3 is 8.83 Å². The molecule has 0 saturated carbocycles. The minimum atomic E-state index is 0.597. The number of para-hydroxylation sites is 1. The Morgan fingerprint density at radius 2 is 0.821 bits per heavy atom. The molecule has 0 aliphatic rings. The molecule has 6 nitrogen and oxygen atoms in total. The molecule has 0 fully saturated rings. The maximum atomic E-state index is 6.65. The summed E-state index contributed by atoms with van der Waals surface area (Å²) in [5, 5.41) is 4.34. The van der Waals surface area contributed by atoms with E-state index in [4.69, 9.17) is 28.8 Å². The second-order valence-corrected chi connectivity index (χ2v) is 13.8. The van der Waals surface area contributed by atoms with Crippen LogP contribution in [0.25, 0.3) is 112 Å². The number of furan rings is 1. The standard InChI is InChI=1S/C50H30N4O2/c1-4-13-32(14-5-1)47-52-48(33-15-6-2-7-16-33)54-49(53-47)34-25-23-31(24-26-34)36-27-28-39(38-20-11-10-19-37(36)38)40-21-12-22-41-42-29-43-45(30-44(42)55-46(40)41)56-50(51-43)35-17-8-3-9-18-35/h1-30H. The number of oxazole rings is 1. The van der Waals surface area contributed by atoms with E-state index < -0.39 is 0 Å². The maximum Gasteiger partial charge on any atom is 0.227 e. The van der Waals surface area contributed by atoms with E-state index in [-0.39, 0.29) is 0 Å². The average molecular weight is 719 g/mol. The van der Waals surface area contributed by atoms with Crippen LogP contribution in [0.4, 0.5) is 0 Å². The van der Waals surface area contributed by atoms with Crippen LogP contribution in [0, 0.1) is 0 Å². The minimum Gasteiger partial charge on any atom is -0.455 e. The summed E-state index contributed by atoms with van der Waals surface area (Å²) in [5.41, 5.74) is 11.2. The molecular weight excluding hydrogens is 689 g/mol. The number of nitrogens with zero attached hydrogens (tertiary/aromatic N) is 4. The second-order valence-electron chi connectivity index (χ2n) is 13.8. The van der Waals surface area contributed by atoms with Gasteiger partial charge in [0.15, 0.2) is 23.1 Å². The van der Waals surface area contributed by atoms with E-state index in [0.29, 0.717) is 28.9 Å². The van der Waals surface area contributed by atoms with Gasteiger partial charge in [0.1, 0.15) is 16.7 Å². The number of hydrogen-bond acceptors (Lipinski definition) is 6. The van der Waals surface area contributed by atoms with Crippen LogP contribution in [0.3, 0.4) is 0 Å². The fourth-order valence-corrected chi connectivity index (χ4v) is 7.66. The normalized spacial score (nSPS) is 11.6. The summed E-state index contributed by atoms with van der Waals surface area (Å²) in [6.45, 7) is 0. The first-order valence-electron chi connectivity index (χ1n) is 18.5. The lowest BCUT2D eigenvalue weighted by atomic mass is 9.91. The van der Waals surface area contributed by atoms with Gasteiger partial charge in [0.25, 0.3) is 0 Å². The van der Waals surface area contributed by atoms with Crippen molar-refractivity contribution in [1.82, 2.24) is 19.9 Å². The van der Waals surface area contributed by atoms with Crippen molar-refractivity contribution in [2.75, 3.05) is 0 Å². The van der Waals surface area contributed by atoms with Crippen molar-refractivity contribution in [1.29, 1.82) is 0 Å². The third-order valence-corrected chi connectivity index (χ3v) is 10.4. The molecule has 0 amide bonds. The highest BCUT2D eigenvalue weighted by molar-refractivity contribution is 6.15. The molecule has 0 atom stereocenters.